The maximum absolute atomic E-state index is 5.48. The van der Waals surface area contributed by atoms with Crippen LogP contribution < -0.4 is 24.8 Å². The molecule has 0 aliphatic heterocycles. The maximum atomic E-state index is 5.48. The highest BCUT2D eigenvalue weighted by Gasteiger charge is 2.22. The van der Waals surface area contributed by atoms with Gasteiger partial charge in [-0.3, -0.25) is 4.99 Å². The Morgan fingerprint density at radius 2 is 1.68 bits per heavy atom. The zero-order valence-electron chi connectivity index (χ0n) is 17.3. The van der Waals surface area contributed by atoms with Gasteiger partial charge in [0.2, 0.25) is 0 Å². The van der Waals surface area contributed by atoms with Crippen molar-refractivity contribution in [3.8, 4) is 17.2 Å². The van der Waals surface area contributed by atoms with E-state index in [4.69, 9.17) is 14.2 Å². The molecule has 0 spiro atoms. The lowest BCUT2D eigenvalue weighted by molar-refractivity contribution is 0.347. The molecular weight excluding hydrogens is 489 g/mol. The number of nitrogens with zero attached hydrogens (tertiary/aromatic N) is 1. The summed E-state index contributed by atoms with van der Waals surface area (Å²) >= 11 is 1.77. The molecule has 1 heterocycles. The molecule has 0 unspecified atom stereocenters. The van der Waals surface area contributed by atoms with E-state index < -0.39 is 0 Å². The van der Waals surface area contributed by atoms with Crippen LogP contribution >= 0.6 is 35.3 Å². The number of hydrogen-bond donors (Lipinski definition) is 2. The van der Waals surface area contributed by atoms with Crippen LogP contribution in [0.2, 0.25) is 0 Å². The Kier molecular flexibility index (Phi) is 9.88. The summed E-state index contributed by atoms with van der Waals surface area (Å²) in [6.07, 6.45) is 0. The molecule has 0 saturated carbocycles. The van der Waals surface area contributed by atoms with E-state index in [2.05, 4.69) is 47.0 Å². The van der Waals surface area contributed by atoms with Gasteiger partial charge in [-0.1, -0.05) is 19.9 Å². The summed E-state index contributed by atoms with van der Waals surface area (Å²) in [5.74, 6) is 2.76. The molecular formula is C20H30IN3O3S. The molecule has 156 valence electrons. The lowest BCUT2D eigenvalue weighted by atomic mass is 9.91. The SMILES string of the molecule is CN=C(NCc1cc(OC)c(OC)cc1OC)NCC(C)(C)c1cccs1.I. The van der Waals surface area contributed by atoms with E-state index in [1.807, 2.05) is 12.1 Å². The van der Waals surface area contributed by atoms with Crippen molar-refractivity contribution >= 4 is 41.3 Å². The van der Waals surface area contributed by atoms with Crippen LogP contribution in [0, 0.1) is 0 Å². The quantitative estimate of drug-likeness (QED) is 0.313. The van der Waals surface area contributed by atoms with E-state index in [0.717, 1.165) is 23.8 Å². The van der Waals surface area contributed by atoms with E-state index in [1.165, 1.54) is 4.88 Å². The second-order valence-electron chi connectivity index (χ2n) is 6.66. The van der Waals surface area contributed by atoms with Crippen LogP contribution in [0.1, 0.15) is 24.3 Å². The highest BCUT2D eigenvalue weighted by Crippen LogP contribution is 2.34. The predicted molar refractivity (Wildman–Crippen MR) is 127 cm³/mol. The average Bonchev–Trinajstić information content (AvgIpc) is 3.23. The fourth-order valence-corrected chi connectivity index (χ4v) is 3.54. The molecule has 6 nitrogen and oxygen atoms in total. The minimum atomic E-state index is 0. The number of hydrogen-bond acceptors (Lipinski definition) is 5. The van der Waals surface area contributed by atoms with Gasteiger partial charge < -0.3 is 24.8 Å². The Labute approximate surface area is 188 Å². The van der Waals surface area contributed by atoms with Gasteiger partial charge in [-0.05, 0) is 17.5 Å². The van der Waals surface area contributed by atoms with Crippen LogP contribution in [-0.2, 0) is 12.0 Å². The Bertz CT molecular complexity index is 764. The highest BCUT2D eigenvalue weighted by atomic mass is 127. The van der Waals surface area contributed by atoms with E-state index in [-0.39, 0.29) is 29.4 Å². The first kappa shape index (κ1) is 24.4. The van der Waals surface area contributed by atoms with Crippen molar-refractivity contribution in [2.45, 2.75) is 25.8 Å². The van der Waals surface area contributed by atoms with Crippen molar-refractivity contribution in [1.82, 2.24) is 10.6 Å². The number of rotatable bonds is 8. The van der Waals surface area contributed by atoms with Crippen molar-refractivity contribution in [1.29, 1.82) is 0 Å². The fourth-order valence-electron chi connectivity index (χ4n) is 2.69. The molecule has 2 aromatic rings. The number of halogens is 1. The molecule has 1 aromatic carbocycles. The first-order valence-corrected chi connectivity index (χ1v) is 9.60. The average molecular weight is 519 g/mol. The molecule has 2 rings (SSSR count). The summed E-state index contributed by atoms with van der Waals surface area (Å²) in [6.45, 7) is 5.76. The molecule has 0 saturated heterocycles. The van der Waals surface area contributed by atoms with Gasteiger partial charge >= 0.3 is 0 Å². The molecule has 1 aromatic heterocycles. The van der Waals surface area contributed by atoms with Gasteiger partial charge in [0.1, 0.15) is 5.75 Å². The molecule has 0 fully saturated rings. The largest absolute Gasteiger partial charge is 0.496 e. The molecule has 0 aliphatic carbocycles. The molecule has 0 radical (unpaired) electrons. The molecule has 28 heavy (non-hydrogen) atoms. The van der Waals surface area contributed by atoms with Crippen molar-refractivity contribution in [3.63, 3.8) is 0 Å². The first-order valence-electron chi connectivity index (χ1n) is 8.72. The van der Waals surface area contributed by atoms with Crippen LogP contribution in [0.15, 0.2) is 34.6 Å². The van der Waals surface area contributed by atoms with Gasteiger partial charge in [0.15, 0.2) is 17.5 Å². The van der Waals surface area contributed by atoms with Gasteiger partial charge in [0.25, 0.3) is 0 Å². The molecule has 0 atom stereocenters. The number of thiophene rings is 1. The molecule has 0 bridgehead atoms. The summed E-state index contributed by atoms with van der Waals surface area (Å²) in [4.78, 5) is 5.66. The van der Waals surface area contributed by atoms with Gasteiger partial charge in [-0.15, -0.1) is 35.3 Å². The number of aliphatic imine (C=N–C) groups is 1. The third-order valence-corrected chi connectivity index (χ3v) is 5.58. The number of benzene rings is 1. The van der Waals surface area contributed by atoms with Gasteiger partial charge in [0, 0.05) is 42.1 Å². The molecule has 0 aliphatic rings. The summed E-state index contributed by atoms with van der Waals surface area (Å²) in [7, 11) is 6.63. The molecule has 0 amide bonds. The van der Waals surface area contributed by atoms with Gasteiger partial charge in [-0.25, -0.2) is 0 Å². The third-order valence-electron chi connectivity index (χ3n) is 4.34. The smallest absolute Gasteiger partial charge is 0.191 e. The van der Waals surface area contributed by atoms with Gasteiger partial charge in [-0.2, -0.15) is 0 Å². The second-order valence-corrected chi connectivity index (χ2v) is 7.61. The number of ether oxygens (including phenoxy) is 3. The van der Waals surface area contributed by atoms with Crippen molar-refractivity contribution < 1.29 is 14.2 Å². The first-order chi connectivity index (χ1) is 12.9. The molecule has 2 N–H and O–H groups in total. The topological polar surface area (TPSA) is 64.1 Å². The molecule has 8 heteroatoms. The Balaban J connectivity index is 0.00000392. The fraction of sp³-hybridized carbons (Fsp3) is 0.450. The van der Waals surface area contributed by atoms with Crippen LogP contribution in [0.25, 0.3) is 0 Å². The van der Waals surface area contributed by atoms with Crippen molar-refractivity contribution in [3.05, 3.63) is 40.1 Å². The zero-order valence-corrected chi connectivity index (χ0v) is 20.4. The monoisotopic (exact) mass is 519 g/mol. The normalized spacial score (nSPS) is 11.4. The Morgan fingerprint density at radius 1 is 1.04 bits per heavy atom. The Hall–Kier alpha value is -1.68. The minimum absolute atomic E-state index is 0. The van der Waals surface area contributed by atoms with E-state index in [0.29, 0.717) is 18.0 Å². The lowest BCUT2D eigenvalue weighted by Gasteiger charge is -2.25. The summed E-state index contributed by atoms with van der Waals surface area (Å²) < 4.78 is 16.2. The van der Waals surface area contributed by atoms with Crippen LogP contribution in [0.4, 0.5) is 0 Å². The summed E-state index contributed by atoms with van der Waals surface area (Å²) in [6, 6.07) is 7.98. The van der Waals surface area contributed by atoms with E-state index >= 15 is 0 Å². The lowest BCUT2D eigenvalue weighted by Crippen LogP contribution is -2.43. The zero-order chi connectivity index (χ0) is 19.9. The summed E-state index contributed by atoms with van der Waals surface area (Å²) in [5.41, 5.74) is 0.975. The number of methoxy groups -OCH3 is 3. The van der Waals surface area contributed by atoms with E-state index in [9.17, 15) is 0 Å². The summed E-state index contributed by atoms with van der Waals surface area (Å²) in [5, 5.41) is 8.84. The number of nitrogens with one attached hydrogen (secondary N) is 2. The van der Waals surface area contributed by atoms with Gasteiger partial charge in [0.05, 0.1) is 21.3 Å². The number of guanidine groups is 1. The van der Waals surface area contributed by atoms with E-state index in [1.54, 1.807) is 39.7 Å². The third kappa shape index (κ3) is 6.16. The highest BCUT2D eigenvalue weighted by molar-refractivity contribution is 14.0. The minimum Gasteiger partial charge on any atom is -0.496 e. The van der Waals surface area contributed by atoms with Crippen LogP contribution in [0.3, 0.4) is 0 Å². The van der Waals surface area contributed by atoms with Crippen molar-refractivity contribution in [2.24, 2.45) is 4.99 Å². The predicted octanol–water partition coefficient (Wildman–Crippen LogP) is 4.03. The van der Waals surface area contributed by atoms with Crippen LogP contribution in [0.5, 0.6) is 17.2 Å². The maximum Gasteiger partial charge on any atom is 0.191 e. The Morgan fingerprint density at radius 3 is 2.21 bits per heavy atom. The second kappa shape index (κ2) is 11.4. The standard InChI is InChI=1S/C20H29N3O3S.HI/c1-20(2,18-8-7-9-27-18)13-23-19(21-3)22-12-14-10-16(25-5)17(26-6)11-15(14)24-4;/h7-11H,12-13H2,1-6H3,(H2,21,22,23);1H. The van der Waals surface area contributed by atoms with Crippen molar-refractivity contribution in [2.75, 3.05) is 34.9 Å². The van der Waals surface area contributed by atoms with Crippen LogP contribution in [-0.4, -0.2) is 40.9 Å².